The van der Waals surface area contributed by atoms with Gasteiger partial charge in [-0.3, -0.25) is 0 Å². The van der Waals surface area contributed by atoms with Crippen LogP contribution in [-0.2, 0) is 0 Å². The van der Waals surface area contributed by atoms with E-state index >= 15 is 0 Å². The van der Waals surface area contributed by atoms with Gasteiger partial charge in [0.05, 0.1) is 9.98 Å². The van der Waals surface area contributed by atoms with Crippen molar-refractivity contribution in [2.24, 2.45) is 0 Å². The summed E-state index contributed by atoms with van der Waals surface area (Å²) in [7, 11) is 0. The van der Waals surface area contributed by atoms with Gasteiger partial charge in [-0.05, 0) is 35.2 Å². The monoisotopic (exact) mass is 232 g/mol. The van der Waals surface area contributed by atoms with E-state index < -0.39 is 0 Å². The zero-order chi connectivity index (χ0) is 7.68. The fraction of sp³-hybridized carbons (Fsp3) is 0.571. The normalized spacial score (nSPS) is 17.9. The second kappa shape index (κ2) is 3.11. The molecule has 0 aromatic carbocycles. The molecule has 1 aromatic rings. The Labute approximate surface area is 78.2 Å². The third-order valence-corrected chi connectivity index (χ3v) is 3.32. The Kier molecular flexibility index (Phi) is 2.13. The van der Waals surface area contributed by atoms with Crippen LogP contribution in [0.25, 0.3) is 0 Å². The van der Waals surface area contributed by atoms with Crippen LogP contribution in [-0.4, -0.2) is 11.0 Å². The molecular weight excluding hydrogens is 224 g/mol. The summed E-state index contributed by atoms with van der Waals surface area (Å²) in [5.74, 6) is 0. The number of hydrogen-bond donors (Lipinski definition) is 1. The molecule has 2 rings (SSSR count). The number of nitrogens with zero attached hydrogens (tertiary/aromatic N) is 1. The molecule has 0 radical (unpaired) electrons. The first-order valence-electron chi connectivity index (χ1n) is 3.72. The minimum atomic E-state index is 0.688. The lowest BCUT2D eigenvalue weighted by atomic mass is 9.93. The third kappa shape index (κ3) is 1.73. The Bertz CT molecular complexity index is 244. The molecular formula is C7H9BrN2S. The van der Waals surface area contributed by atoms with Crippen LogP contribution in [0.1, 0.15) is 19.3 Å². The standard InChI is InChI=1S/C7H9BrN2S/c8-6-4-9-7(11-6)10-5-2-1-3-5/h4-5H,1-3H2,(H,9,10). The first kappa shape index (κ1) is 7.55. The Morgan fingerprint density at radius 1 is 1.64 bits per heavy atom. The van der Waals surface area contributed by atoms with Crippen LogP contribution in [0.4, 0.5) is 5.13 Å². The maximum Gasteiger partial charge on any atom is 0.183 e. The van der Waals surface area contributed by atoms with Crippen molar-refractivity contribution in [3.8, 4) is 0 Å². The molecule has 0 amide bonds. The first-order valence-corrected chi connectivity index (χ1v) is 5.33. The summed E-state index contributed by atoms with van der Waals surface area (Å²) < 4.78 is 1.10. The van der Waals surface area contributed by atoms with E-state index in [1.165, 1.54) is 19.3 Å². The second-order valence-electron chi connectivity index (χ2n) is 2.74. The number of thiazole rings is 1. The first-order chi connectivity index (χ1) is 5.34. The van der Waals surface area contributed by atoms with Gasteiger partial charge < -0.3 is 5.32 Å². The summed E-state index contributed by atoms with van der Waals surface area (Å²) in [5, 5.41) is 4.42. The lowest BCUT2D eigenvalue weighted by Crippen LogP contribution is -2.26. The Hall–Kier alpha value is -0.0900. The topological polar surface area (TPSA) is 24.9 Å². The molecule has 1 aliphatic carbocycles. The quantitative estimate of drug-likeness (QED) is 0.849. The average Bonchev–Trinajstić information content (AvgIpc) is 2.27. The minimum absolute atomic E-state index is 0.688. The summed E-state index contributed by atoms with van der Waals surface area (Å²) in [4.78, 5) is 4.20. The number of hydrogen-bond acceptors (Lipinski definition) is 3. The van der Waals surface area contributed by atoms with Crippen LogP contribution in [0.2, 0.25) is 0 Å². The number of nitrogens with one attached hydrogen (secondary N) is 1. The molecule has 60 valence electrons. The lowest BCUT2D eigenvalue weighted by Gasteiger charge is -2.25. The molecule has 1 N–H and O–H groups in total. The fourth-order valence-electron chi connectivity index (χ4n) is 1.05. The van der Waals surface area contributed by atoms with Crippen molar-refractivity contribution in [1.29, 1.82) is 0 Å². The van der Waals surface area contributed by atoms with Gasteiger partial charge >= 0.3 is 0 Å². The van der Waals surface area contributed by atoms with Gasteiger partial charge in [-0.15, -0.1) is 0 Å². The number of rotatable bonds is 2. The number of anilines is 1. The largest absolute Gasteiger partial charge is 0.359 e. The fourth-order valence-corrected chi connectivity index (χ4v) is 2.23. The minimum Gasteiger partial charge on any atom is -0.359 e. The molecule has 0 unspecified atom stereocenters. The SMILES string of the molecule is Brc1cnc(NC2CCC2)s1. The van der Waals surface area contributed by atoms with Gasteiger partial charge in [0.1, 0.15) is 0 Å². The maximum atomic E-state index is 4.20. The van der Waals surface area contributed by atoms with E-state index in [9.17, 15) is 0 Å². The summed E-state index contributed by atoms with van der Waals surface area (Å²) in [6, 6.07) is 0.688. The van der Waals surface area contributed by atoms with Crippen LogP contribution in [0.3, 0.4) is 0 Å². The van der Waals surface area contributed by atoms with Crippen molar-refractivity contribution in [2.45, 2.75) is 25.3 Å². The van der Waals surface area contributed by atoms with Gasteiger partial charge in [-0.25, -0.2) is 4.98 Å². The molecule has 1 aliphatic rings. The molecule has 0 bridgehead atoms. The molecule has 1 heterocycles. The smallest absolute Gasteiger partial charge is 0.183 e. The predicted octanol–water partition coefficient (Wildman–Crippen LogP) is 2.87. The highest BCUT2D eigenvalue weighted by Crippen LogP contribution is 2.28. The van der Waals surface area contributed by atoms with E-state index in [4.69, 9.17) is 0 Å². The van der Waals surface area contributed by atoms with E-state index in [0.29, 0.717) is 6.04 Å². The molecule has 2 nitrogen and oxygen atoms in total. The highest BCUT2D eigenvalue weighted by molar-refractivity contribution is 9.11. The van der Waals surface area contributed by atoms with E-state index in [1.807, 2.05) is 6.20 Å². The summed E-state index contributed by atoms with van der Waals surface area (Å²) in [6.07, 6.45) is 5.81. The number of halogens is 1. The zero-order valence-corrected chi connectivity index (χ0v) is 8.41. The summed E-state index contributed by atoms with van der Waals surface area (Å²) in [5.41, 5.74) is 0. The summed E-state index contributed by atoms with van der Waals surface area (Å²) in [6.45, 7) is 0. The Morgan fingerprint density at radius 3 is 2.91 bits per heavy atom. The predicted molar refractivity (Wildman–Crippen MR) is 51.1 cm³/mol. The van der Waals surface area contributed by atoms with E-state index in [-0.39, 0.29) is 0 Å². The van der Waals surface area contributed by atoms with Crippen molar-refractivity contribution in [3.63, 3.8) is 0 Å². The van der Waals surface area contributed by atoms with E-state index in [0.717, 1.165) is 8.92 Å². The highest BCUT2D eigenvalue weighted by Gasteiger charge is 2.17. The molecule has 0 spiro atoms. The van der Waals surface area contributed by atoms with Crippen molar-refractivity contribution in [2.75, 3.05) is 5.32 Å². The van der Waals surface area contributed by atoms with Crippen LogP contribution >= 0.6 is 27.3 Å². The van der Waals surface area contributed by atoms with Crippen LogP contribution in [0.15, 0.2) is 9.98 Å². The van der Waals surface area contributed by atoms with Crippen molar-refractivity contribution in [3.05, 3.63) is 9.98 Å². The maximum absolute atomic E-state index is 4.20. The van der Waals surface area contributed by atoms with E-state index in [1.54, 1.807) is 11.3 Å². The second-order valence-corrected chi connectivity index (χ2v) is 5.15. The van der Waals surface area contributed by atoms with Gasteiger partial charge in [-0.1, -0.05) is 11.3 Å². The summed E-state index contributed by atoms with van der Waals surface area (Å²) >= 11 is 5.04. The van der Waals surface area contributed by atoms with Gasteiger partial charge in [0.15, 0.2) is 5.13 Å². The zero-order valence-electron chi connectivity index (χ0n) is 6.01. The van der Waals surface area contributed by atoms with Gasteiger partial charge in [-0.2, -0.15) is 0 Å². The van der Waals surface area contributed by atoms with Crippen LogP contribution in [0, 0.1) is 0 Å². The molecule has 1 saturated carbocycles. The highest BCUT2D eigenvalue weighted by atomic mass is 79.9. The van der Waals surface area contributed by atoms with Crippen molar-refractivity contribution < 1.29 is 0 Å². The Morgan fingerprint density at radius 2 is 2.45 bits per heavy atom. The third-order valence-electron chi connectivity index (χ3n) is 1.91. The molecule has 0 atom stereocenters. The van der Waals surface area contributed by atoms with Gasteiger partial charge in [0.25, 0.3) is 0 Å². The van der Waals surface area contributed by atoms with Crippen LogP contribution < -0.4 is 5.32 Å². The molecule has 4 heteroatoms. The number of aromatic nitrogens is 1. The van der Waals surface area contributed by atoms with Crippen molar-refractivity contribution >= 4 is 32.4 Å². The molecule has 0 aliphatic heterocycles. The molecule has 1 fully saturated rings. The molecule has 11 heavy (non-hydrogen) atoms. The lowest BCUT2D eigenvalue weighted by molar-refractivity contribution is 0.445. The molecule has 1 aromatic heterocycles. The van der Waals surface area contributed by atoms with Crippen molar-refractivity contribution in [1.82, 2.24) is 4.98 Å². The van der Waals surface area contributed by atoms with Crippen LogP contribution in [0.5, 0.6) is 0 Å². The van der Waals surface area contributed by atoms with E-state index in [2.05, 4.69) is 26.2 Å². The Balaban J connectivity index is 1.95. The average molecular weight is 233 g/mol. The molecule has 0 saturated heterocycles. The van der Waals surface area contributed by atoms with Gasteiger partial charge in [0, 0.05) is 6.04 Å². The van der Waals surface area contributed by atoms with Gasteiger partial charge in [0.2, 0.25) is 0 Å².